The van der Waals surface area contributed by atoms with Crippen molar-refractivity contribution in [3.8, 4) is 0 Å². The maximum absolute atomic E-state index is 15.2. The molecule has 0 atom stereocenters. The maximum Gasteiger partial charge on any atom is 0.460 e. The Balaban J connectivity index is 4.52. The lowest BCUT2D eigenvalue weighted by atomic mass is 9.65. The predicted octanol–water partition coefficient (Wildman–Crippen LogP) is 9.41. The second-order valence-electron chi connectivity index (χ2n) is 7.23. The summed E-state index contributed by atoms with van der Waals surface area (Å²) < 4.78 is 336. The van der Waals surface area contributed by atoms with E-state index in [-0.39, 0.29) is 0 Å². The normalized spacial score (nSPS) is 25.3. The topological polar surface area (TPSA) is 36.9 Å². The first-order valence-corrected chi connectivity index (χ1v) is 9.17. The zero-order valence-electron chi connectivity index (χ0n) is 18.7. The first-order valence-electron chi connectivity index (χ1n) is 9.17. The number of hydrogen-bond acceptors (Lipinski definition) is 4. The van der Waals surface area contributed by atoms with Gasteiger partial charge in [0.2, 0.25) is 0 Å². The molecule has 0 radical (unpaired) electrons. The first-order chi connectivity index (χ1) is 19.3. The van der Waals surface area contributed by atoms with Gasteiger partial charge in [-0.15, -0.1) is 0 Å². The van der Waals surface area contributed by atoms with Gasteiger partial charge in [-0.25, -0.2) is 8.78 Å². The molecule has 1 fully saturated rings. The zero-order valence-corrected chi connectivity index (χ0v) is 18.7. The van der Waals surface area contributed by atoms with Gasteiger partial charge < -0.3 is 18.9 Å². The van der Waals surface area contributed by atoms with Crippen LogP contribution in [0.5, 0.6) is 0 Å². The summed E-state index contributed by atoms with van der Waals surface area (Å²) in [5.41, 5.74) is -17.8. The lowest BCUT2D eigenvalue weighted by molar-refractivity contribution is -0.554. The molecule has 0 heterocycles. The standard InChI is InChI=1S/C16F24O4/c17-1(18)5(25)41-15(39,42-6(26)2(19)20)9(29)11(31,32)13(35,36)10(30,14(37,38)12(9,33)34)16(40,43-7(27)3(21)22)44-8(28)4(23)24. The fourth-order valence-corrected chi connectivity index (χ4v) is 2.95. The molecule has 256 valence electrons. The van der Waals surface area contributed by atoms with Crippen LogP contribution in [0.2, 0.25) is 0 Å². The van der Waals surface area contributed by atoms with Crippen LogP contribution in [-0.2, 0) is 18.9 Å². The number of hydrogen-bond donors (Lipinski definition) is 0. The SMILES string of the molecule is FC(F)=C(F)OC(F)(OC(F)=C(F)F)C1(F)C(F)(F)C(F)(F)C(F)(C(F)(OC(F)=C(F)F)OC(F)=C(F)F)C(F)(F)C1(F)F. The summed E-state index contributed by atoms with van der Waals surface area (Å²) in [5, 5.41) is 0. The molecule has 1 aliphatic rings. The van der Waals surface area contributed by atoms with Crippen molar-refractivity contribution in [1.29, 1.82) is 0 Å². The molecule has 0 bridgehead atoms. The quantitative estimate of drug-likeness (QED) is 0.129. The molecule has 0 aromatic carbocycles. The molecule has 0 saturated heterocycles. The third-order valence-electron chi connectivity index (χ3n) is 4.82. The average Bonchev–Trinajstić information content (AvgIpc) is 2.85. The van der Waals surface area contributed by atoms with Gasteiger partial charge in [-0.05, 0) is 0 Å². The van der Waals surface area contributed by atoms with E-state index in [4.69, 9.17) is 0 Å². The van der Waals surface area contributed by atoms with Gasteiger partial charge in [-0.1, -0.05) is 0 Å². The summed E-state index contributed by atoms with van der Waals surface area (Å²) in [6, 6.07) is -34.3. The Bertz CT molecular complexity index is 1070. The molecule has 0 aromatic rings. The van der Waals surface area contributed by atoms with Crippen LogP contribution >= 0.6 is 0 Å². The fraction of sp³-hybridized carbons (Fsp3) is 0.500. The Hall–Kier alpha value is -3.52. The number of alkyl halides is 12. The summed E-state index contributed by atoms with van der Waals surface area (Å²) in [7, 11) is 0. The summed E-state index contributed by atoms with van der Waals surface area (Å²) >= 11 is 0. The van der Waals surface area contributed by atoms with E-state index in [2.05, 4.69) is 0 Å². The monoisotopic (exact) mass is 712 g/mol. The molecule has 0 amide bonds. The van der Waals surface area contributed by atoms with E-state index in [1.165, 1.54) is 0 Å². The van der Waals surface area contributed by atoms with E-state index in [0.29, 0.717) is 0 Å². The second kappa shape index (κ2) is 11.1. The highest BCUT2D eigenvalue weighted by molar-refractivity contribution is 5.34. The summed E-state index contributed by atoms with van der Waals surface area (Å²) in [6.07, 6.45) is -17.9. The smallest absolute Gasteiger partial charge is 0.393 e. The van der Waals surface area contributed by atoms with Crippen molar-refractivity contribution >= 4 is 0 Å². The van der Waals surface area contributed by atoms with Crippen LogP contribution in [0, 0.1) is 0 Å². The minimum atomic E-state index is -9.05. The molecule has 0 aliphatic heterocycles. The van der Waals surface area contributed by atoms with E-state index >= 15 is 8.78 Å². The molecule has 1 aliphatic carbocycles. The molecular formula is C16F24O4. The largest absolute Gasteiger partial charge is 0.460 e. The molecule has 4 nitrogen and oxygen atoms in total. The van der Waals surface area contributed by atoms with Gasteiger partial charge >= 0.3 is 95.5 Å². The Morgan fingerprint density at radius 3 is 0.568 bits per heavy atom. The molecule has 28 heteroatoms. The third kappa shape index (κ3) is 4.95. The Morgan fingerprint density at radius 2 is 0.455 bits per heavy atom. The van der Waals surface area contributed by atoms with Gasteiger partial charge in [0.15, 0.2) is 0 Å². The van der Waals surface area contributed by atoms with Gasteiger partial charge in [0.25, 0.3) is 0 Å². The Morgan fingerprint density at radius 1 is 0.318 bits per heavy atom. The zero-order chi connectivity index (χ0) is 35.4. The van der Waals surface area contributed by atoms with Crippen molar-refractivity contribution in [1.82, 2.24) is 0 Å². The van der Waals surface area contributed by atoms with Crippen molar-refractivity contribution in [3.05, 3.63) is 48.4 Å². The number of rotatable bonds is 10. The molecule has 1 rings (SSSR count). The summed E-state index contributed by atoms with van der Waals surface area (Å²) in [5.74, 6) is -36.2. The number of halogens is 24. The van der Waals surface area contributed by atoms with Crippen molar-refractivity contribution in [3.63, 3.8) is 0 Å². The van der Waals surface area contributed by atoms with Gasteiger partial charge in [0.1, 0.15) is 0 Å². The van der Waals surface area contributed by atoms with E-state index in [1.807, 2.05) is 18.9 Å². The van der Waals surface area contributed by atoms with Gasteiger partial charge in [0.05, 0.1) is 0 Å². The highest BCUT2D eigenvalue weighted by atomic mass is 19.4. The molecular weight excluding hydrogens is 712 g/mol. The third-order valence-corrected chi connectivity index (χ3v) is 4.82. The van der Waals surface area contributed by atoms with Gasteiger partial charge in [0, 0.05) is 0 Å². The highest BCUT2D eigenvalue weighted by Crippen LogP contribution is 2.75. The van der Waals surface area contributed by atoms with Crippen LogP contribution in [0.1, 0.15) is 0 Å². The molecule has 44 heavy (non-hydrogen) atoms. The highest BCUT2D eigenvalue weighted by Gasteiger charge is 3.09. The second-order valence-corrected chi connectivity index (χ2v) is 7.23. The fourth-order valence-electron chi connectivity index (χ4n) is 2.95. The van der Waals surface area contributed by atoms with Crippen LogP contribution in [0.25, 0.3) is 0 Å². The minimum Gasteiger partial charge on any atom is -0.393 e. The number of ether oxygens (including phenoxy) is 4. The van der Waals surface area contributed by atoms with Crippen molar-refractivity contribution in [2.24, 2.45) is 0 Å². The lowest BCUT2D eigenvalue weighted by Crippen LogP contribution is -2.92. The summed E-state index contributed by atoms with van der Waals surface area (Å²) in [4.78, 5) is 0. The van der Waals surface area contributed by atoms with Crippen LogP contribution in [-0.4, -0.2) is 47.1 Å². The van der Waals surface area contributed by atoms with Gasteiger partial charge in [-0.3, -0.25) is 0 Å². The van der Waals surface area contributed by atoms with E-state index in [9.17, 15) is 96.6 Å². The van der Waals surface area contributed by atoms with Crippen LogP contribution in [0.3, 0.4) is 0 Å². The first kappa shape index (κ1) is 38.5. The van der Waals surface area contributed by atoms with E-state index in [1.54, 1.807) is 0 Å². The van der Waals surface area contributed by atoms with Crippen LogP contribution in [0.4, 0.5) is 105 Å². The Kier molecular flexibility index (Phi) is 9.74. The van der Waals surface area contributed by atoms with Crippen LogP contribution < -0.4 is 0 Å². The molecule has 0 unspecified atom stereocenters. The maximum atomic E-state index is 15.2. The van der Waals surface area contributed by atoms with E-state index < -0.39 is 95.5 Å². The predicted molar refractivity (Wildman–Crippen MR) is 80.9 cm³/mol. The van der Waals surface area contributed by atoms with Crippen molar-refractivity contribution < 1.29 is 124 Å². The van der Waals surface area contributed by atoms with Crippen LogP contribution in [0.15, 0.2) is 48.4 Å². The lowest BCUT2D eigenvalue weighted by Gasteiger charge is -2.57. The minimum absolute atomic E-state index is 1.92. The average molecular weight is 712 g/mol. The Labute approximate surface area is 221 Å². The molecule has 0 N–H and O–H groups in total. The summed E-state index contributed by atoms with van der Waals surface area (Å²) in [6.45, 7) is 0. The molecule has 1 saturated carbocycles. The van der Waals surface area contributed by atoms with Crippen molar-refractivity contribution in [2.45, 2.75) is 47.1 Å². The van der Waals surface area contributed by atoms with Crippen molar-refractivity contribution in [2.75, 3.05) is 0 Å². The van der Waals surface area contributed by atoms with Gasteiger partial charge in [-0.2, -0.15) is 96.6 Å². The molecule has 0 spiro atoms. The van der Waals surface area contributed by atoms with E-state index in [0.717, 1.165) is 0 Å². The molecule has 0 aromatic heterocycles.